The van der Waals surface area contributed by atoms with E-state index in [0.29, 0.717) is 12.2 Å². The van der Waals surface area contributed by atoms with E-state index >= 15 is 0 Å². The number of nitrogen functional groups attached to an aromatic ring is 1. The van der Waals surface area contributed by atoms with E-state index in [9.17, 15) is 9.90 Å². The highest BCUT2D eigenvalue weighted by Crippen LogP contribution is 2.25. The Hall–Kier alpha value is -1.87. The molecule has 1 amide bonds. The largest absolute Gasteiger partial charge is 0.508 e. The zero-order chi connectivity index (χ0) is 15.4. The van der Waals surface area contributed by atoms with Crippen LogP contribution in [0.4, 0.5) is 5.69 Å². The molecule has 0 spiro atoms. The summed E-state index contributed by atoms with van der Waals surface area (Å²) < 4.78 is 5.42. The highest BCUT2D eigenvalue weighted by atomic mass is 16.5. The number of hydrogen-bond donors (Lipinski definition) is 5. The van der Waals surface area contributed by atoms with Gasteiger partial charge < -0.3 is 21.3 Å². The van der Waals surface area contributed by atoms with E-state index in [1.54, 1.807) is 6.07 Å². The summed E-state index contributed by atoms with van der Waals surface area (Å²) in [5.74, 6) is 4.95. The Bertz CT molecular complexity index is 505. The number of rotatable bonds is 5. The summed E-state index contributed by atoms with van der Waals surface area (Å²) in [5.41, 5.74) is 14.8. The van der Waals surface area contributed by atoms with Gasteiger partial charge in [0.1, 0.15) is 11.8 Å². The molecule has 21 heavy (non-hydrogen) atoms. The van der Waals surface area contributed by atoms with E-state index in [-0.39, 0.29) is 17.4 Å². The van der Waals surface area contributed by atoms with Crippen LogP contribution in [0.2, 0.25) is 0 Å². The number of ether oxygens (including phenoxy) is 1. The number of nitrogens with two attached hydrogens (primary N) is 3. The molecule has 0 aliphatic carbocycles. The third kappa shape index (κ3) is 3.82. The van der Waals surface area contributed by atoms with Gasteiger partial charge in [-0.3, -0.25) is 4.79 Å². The Morgan fingerprint density at radius 2 is 2.33 bits per heavy atom. The second-order valence-corrected chi connectivity index (χ2v) is 5.00. The summed E-state index contributed by atoms with van der Waals surface area (Å²) in [6.45, 7) is 1.16. The lowest BCUT2D eigenvalue weighted by molar-refractivity contribution is -0.136. The minimum atomic E-state index is -1.08. The van der Waals surface area contributed by atoms with Gasteiger partial charge in [0.2, 0.25) is 0 Å². The average Bonchev–Trinajstić information content (AvgIpc) is 2.96. The molecule has 0 saturated carbocycles. The molecule has 0 bridgehead atoms. The molecule has 0 radical (unpaired) electrons. The third-order valence-electron chi connectivity index (χ3n) is 3.41. The fourth-order valence-electron chi connectivity index (χ4n) is 2.19. The van der Waals surface area contributed by atoms with Crippen molar-refractivity contribution in [3.05, 3.63) is 23.8 Å². The van der Waals surface area contributed by atoms with Crippen LogP contribution in [0.25, 0.3) is 0 Å². The van der Waals surface area contributed by atoms with Crippen LogP contribution >= 0.6 is 0 Å². The van der Waals surface area contributed by atoms with Crippen LogP contribution in [-0.2, 0) is 9.53 Å². The Morgan fingerprint density at radius 3 is 2.95 bits per heavy atom. The van der Waals surface area contributed by atoms with Crippen molar-refractivity contribution >= 4 is 11.6 Å². The highest BCUT2D eigenvalue weighted by Gasteiger charge is 2.24. The predicted octanol–water partition coefficient (Wildman–Crippen LogP) is -0.640. The molecule has 8 nitrogen and oxygen atoms in total. The number of nitrogens with zero attached hydrogens (tertiary/aromatic N) is 1. The van der Waals surface area contributed by atoms with Gasteiger partial charge >= 0.3 is 0 Å². The molecule has 1 heterocycles. The standard InChI is InChI=1S/C13H21N5O3/c14-8-3-4-10(11(19)6-8)12(15)13(20)18(16)17-7-9-2-1-5-21-9/h3-4,6,9,12,17,19H,1-2,5,7,14-16H2. The van der Waals surface area contributed by atoms with Crippen molar-refractivity contribution in [1.82, 2.24) is 10.5 Å². The molecule has 8 N–H and O–H groups in total. The van der Waals surface area contributed by atoms with E-state index in [4.69, 9.17) is 22.0 Å². The van der Waals surface area contributed by atoms with Crippen molar-refractivity contribution in [2.45, 2.75) is 25.0 Å². The molecule has 2 atom stereocenters. The van der Waals surface area contributed by atoms with Gasteiger partial charge in [-0.15, -0.1) is 0 Å². The molecular formula is C13H21N5O3. The van der Waals surface area contributed by atoms with Gasteiger partial charge in [0.05, 0.1) is 6.10 Å². The van der Waals surface area contributed by atoms with Crippen molar-refractivity contribution in [2.24, 2.45) is 11.6 Å². The number of carbonyl (C=O) groups is 1. The Labute approximate surface area is 122 Å². The molecule has 1 aromatic carbocycles. The molecular weight excluding hydrogens is 274 g/mol. The van der Waals surface area contributed by atoms with Crippen LogP contribution in [0.5, 0.6) is 5.75 Å². The normalized spacial score (nSPS) is 19.4. The first kappa shape index (κ1) is 15.5. The maximum atomic E-state index is 12.1. The van der Waals surface area contributed by atoms with Crippen LogP contribution < -0.4 is 22.7 Å². The van der Waals surface area contributed by atoms with E-state index in [1.165, 1.54) is 12.1 Å². The van der Waals surface area contributed by atoms with E-state index in [2.05, 4.69) is 5.43 Å². The number of nitrogens with one attached hydrogen (secondary N) is 1. The quantitative estimate of drug-likeness (QED) is 0.211. The second-order valence-electron chi connectivity index (χ2n) is 5.00. The summed E-state index contributed by atoms with van der Waals surface area (Å²) >= 11 is 0. The molecule has 1 aliphatic rings. The number of anilines is 1. The first-order chi connectivity index (χ1) is 9.99. The molecule has 116 valence electrons. The van der Waals surface area contributed by atoms with Gasteiger partial charge in [-0.1, -0.05) is 6.07 Å². The molecule has 2 rings (SSSR count). The molecule has 1 fully saturated rings. The molecule has 0 aromatic heterocycles. The molecule has 8 heteroatoms. The fourth-order valence-corrected chi connectivity index (χ4v) is 2.19. The van der Waals surface area contributed by atoms with Gasteiger partial charge in [0.15, 0.2) is 0 Å². The summed E-state index contributed by atoms with van der Waals surface area (Å²) in [4.78, 5) is 12.1. The predicted molar refractivity (Wildman–Crippen MR) is 77.5 cm³/mol. The van der Waals surface area contributed by atoms with Gasteiger partial charge in [0.25, 0.3) is 5.91 Å². The zero-order valence-corrected chi connectivity index (χ0v) is 11.7. The zero-order valence-electron chi connectivity index (χ0n) is 11.7. The van der Waals surface area contributed by atoms with Gasteiger partial charge in [-0.05, 0) is 18.9 Å². The maximum Gasteiger partial charge on any atom is 0.272 e. The molecule has 1 aromatic rings. The van der Waals surface area contributed by atoms with Crippen LogP contribution in [0.15, 0.2) is 18.2 Å². The van der Waals surface area contributed by atoms with E-state index in [0.717, 1.165) is 24.6 Å². The highest BCUT2D eigenvalue weighted by molar-refractivity contribution is 5.83. The number of hydrazine groups is 2. The number of carbonyl (C=O) groups excluding carboxylic acids is 1. The number of amides is 1. The van der Waals surface area contributed by atoms with Crippen molar-refractivity contribution in [2.75, 3.05) is 18.9 Å². The second kappa shape index (κ2) is 6.72. The SMILES string of the molecule is Nc1ccc(C(N)C(=O)N(N)NCC2CCCO2)c(O)c1. The van der Waals surface area contributed by atoms with Crippen molar-refractivity contribution in [3.8, 4) is 5.75 Å². The van der Waals surface area contributed by atoms with Crippen LogP contribution in [0.3, 0.4) is 0 Å². The van der Waals surface area contributed by atoms with E-state index < -0.39 is 11.9 Å². The smallest absolute Gasteiger partial charge is 0.272 e. The van der Waals surface area contributed by atoms with Crippen molar-refractivity contribution < 1.29 is 14.6 Å². The van der Waals surface area contributed by atoms with Gasteiger partial charge in [-0.2, -0.15) is 0 Å². The third-order valence-corrected chi connectivity index (χ3v) is 3.41. The summed E-state index contributed by atoms with van der Waals surface area (Å²) in [6, 6.07) is 3.32. The lowest BCUT2D eigenvalue weighted by atomic mass is 10.1. The molecule has 1 saturated heterocycles. The lowest BCUT2D eigenvalue weighted by Crippen LogP contribution is -2.53. The van der Waals surface area contributed by atoms with Gasteiger partial charge in [0, 0.05) is 30.5 Å². The molecule has 1 aliphatic heterocycles. The monoisotopic (exact) mass is 295 g/mol. The van der Waals surface area contributed by atoms with Gasteiger partial charge in [-0.25, -0.2) is 16.4 Å². The van der Waals surface area contributed by atoms with Crippen LogP contribution in [-0.4, -0.2) is 35.4 Å². The Balaban J connectivity index is 1.94. The fraction of sp³-hybridized carbons (Fsp3) is 0.462. The van der Waals surface area contributed by atoms with Crippen molar-refractivity contribution in [1.29, 1.82) is 0 Å². The number of aromatic hydroxyl groups is 1. The maximum absolute atomic E-state index is 12.1. The lowest BCUT2D eigenvalue weighted by Gasteiger charge is -2.23. The number of benzene rings is 1. The van der Waals surface area contributed by atoms with E-state index in [1.807, 2.05) is 0 Å². The Morgan fingerprint density at radius 1 is 1.57 bits per heavy atom. The summed E-state index contributed by atoms with van der Waals surface area (Å²) in [5, 5.41) is 10.6. The van der Waals surface area contributed by atoms with Crippen LogP contribution in [0, 0.1) is 0 Å². The van der Waals surface area contributed by atoms with Crippen LogP contribution in [0.1, 0.15) is 24.4 Å². The first-order valence-corrected chi connectivity index (χ1v) is 6.76. The average molecular weight is 295 g/mol. The topological polar surface area (TPSA) is 140 Å². The molecule has 2 unspecified atom stereocenters. The summed E-state index contributed by atoms with van der Waals surface area (Å²) in [6.07, 6.45) is 1.98. The summed E-state index contributed by atoms with van der Waals surface area (Å²) in [7, 11) is 0. The minimum absolute atomic E-state index is 0.0463. The van der Waals surface area contributed by atoms with Crippen molar-refractivity contribution in [3.63, 3.8) is 0 Å². The number of phenolic OH excluding ortho intramolecular Hbond substituents is 1. The first-order valence-electron chi connectivity index (χ1n) is 6.76. The Kier molecular flexibility index (Phi) is 4.97. The number of hydrogen-bond acceptors (Lipinski definition) is 7. The minimum Gasteiger partial charge on any atom is -0.508 e. The number of phenols is 1.